The second kappa shape index (κ2) is 44.1. The van der Waals surface area contributed by atoms with Gasteiger partial charge in [-0.15, -0.1) is 0 Å². The Hall–Kier alpha value is -0.660. The number of carbonyl (C=O) groups excluding carboxylic acids is 1. The van der Waals surface area contributed by atoms with Crippen LogP contribution in [0.15, 0.2) is 0 Å². The lowest BCUT2D eigenvalue weighted by molar-refractivity contribution is -0.220. The van der Waals surface area contributed by atoms with Gasteiger partial charge in [0.2, 0.25) is 5.91 Å². The lowest BCUT2D eigenvalue weighted by Gasteiger charge is -2.41. The predicted octanol–water partition coefficient (Wildman–Crippen LogP) is 12.6. The summed E-state index contributed by atoms with van der Waals surface area (Å²) in [4.78, 5) is 23.5. The Kier molecular flexibility index (Phi) is 42.3. The van der Waals surface area contributed by atoms with Crippen molar-refractivity contribution in [3.63, 3.8) is 0 Å². The number of aliphatic hydroxyl groups is 6. The molecule has 0 aromatic heterocycles. The molecule has 8 N–H and O–H groups in total. The molecule has 67 heavy (non-hydrogen) atoms. The largest absolute Gasteiger partial charge is 0.472 e. The number of aliphatic hydroxyl groups excluding tert-OH is 6. The van der Waals surface area contributed by atoms with E-state index in [-0.39, 0.29) is 12.3 Å². The van der Waals surface area contributed by atoms with Crippen LogP contribution in [0.3, 0.4) is 0 Å². The normalized spacial score (nSPS) is 21.6. The molecule has 1 fully saturated rings. The summed E-state index contributed by atoms with van der Waals surface area (Å²) in [6.45, 7) is 3.94. The van der Waals surface area contributed by atoms with Gasteiger partial charge in [0.25, 0.3) is 0 Å². The SMILES string of the molecule is CCCCCCCCCCCCCCCCCCCCCCCCCCCC(=O)N[C@@H](COP(=O)(O)OC1C(O)C(O)C(O)[C@@H](O)C1O)[C@H](O)CCCCCCCCCCCCCCCCC. The molecule has 12 nitrogen and oxygen atoms in total. The highest BCUT2D eigenvalue weighted by molar-refractivity contribution is 7.47. The van der Waals surface area contributed by atoms with E-state index in [1.165, 1.54) is 205 Å². The minimum absolute atomic E-state index is 0.243. The van der Waals surface area contributed by atoms with Gasteiger partial charge >= 0.3 is 7.82 Å². The van der Waals surface area contributed by atoms with Crippen molar-refractivity contribution in [1.82, 2.24) is 5.32 Å². The van der Waals surface area contributed by atoms with Crippen LogP contribution in [0.2, 0.25) is 0 Å². The Bertz CT molecular complexity index is 1140. The summed E-state index contributed by atoms with van der Waals surface area (Å²) >= 11 is 0. The van der Waals surface area contributed by atoms with E-state index in [2.05, 4.69) is 19.2 Å². The zero-order valence-corrected chi connectivity index (χ0v) is 44.1. The Labute approximate surface area is 410 Å². The third-order valence-electron chi connectivity index (χ3n) is 14.2. The lowest BCUT2D eigenvalue weighted by atomic mass is 9.85. The fourth-order valence-corrected chi connectivity index (χ4v) is 10.5. The summed E-state index contributed by atoms with van der Waals surface area (Å²) in [5.41, 5.74) is 0. The number of amides is 1. The summed E-state index contributed by atoms with van der Waals surface area (Å²) in [5, 5.41) is 64.4. The molecule has 0 aromatic carbocycles. The Morgan fingerprint density at radius 1 is 0.448 bits per heavy atom. The Morgan fingerprint density at radius 2 is 0.716 bits per heavy atom. The van der Waals surface area contributed by atoms with Gasteiger partial charge in [-0.2, -0.15) is 0 Å². The molecule has 1 aliphatic rings. The van der Waals surface area contributed by atoms with Gasteiger partial charge in [0.15, 0.2) is 0 Å². The van der Waals surface area contributed by atoms with Gasteiger partial charge in [-0.25, -0.2) is 4.57 Å². The van der Waals surface area contributed by atoms with E-state index in [1.54, 1.807) is 0 Å². The van der Waals surface area contributed by atoms with Crippen LogP contribution in [-0.2, 0) is 18.4 Å². The maximum atomic E-state index is 13.0. The molecular weight excluding hydrogens is 870 g/mol. The van der Waals surface area contributed by atoms with Gasteiger partial charge in [-0.05, 0) is 12.8 Å². The van der Waals surface area contributed by atoms with Crippen LogP contribution < -0.4 is 5.32 Å². The monoisotopic (exact) mass is 978 g/mol. The molecule has 6 unspecified atom stereocenters. The molecule has 400 valence electrons. The molecule has 1 rings (SSSR count). The zero-order chi connectivity index (χ0) is 49.2. The van der Waals surface area contributed by atoms with E-state index in [0.717, 1.165) is 38.5 Å². The molecule has 9 atom stereocenters. The molecular formula is C54H108NO11P. The van der Waals surface area contributed by atoms with Crippen LogP contribution in [0, 0.1) is 0 Å². The Morgan fingerprint density at radius 3 is 1.03 bits per heavy atom. The molecule has 1 saturated carbocycles. The van der Waals surface area contributed by atoms with E-state index in [1.807, 2.05) is 0 Å². The standard InChI is InChI=1S/C54H108NO11P/c1-3-5-7-9-11-13-15-17-19-20-21-22-23-24-25-26-27-28-30-32-34-36-38-40-42-44-48(57)55-46(45-65-67(63,64)66-54-52(61)50(59)49(58)51(60)53(54)62)47(56)43-41-39-37-35-33-31-29-18-16-14-12-10-8-6-4-2/h46-47,49-54,56,58-62H,3-45H2,1-2H3,(H,55,57)(H,63,64)/t46-,47+,49?,50+,51?,52?,53?,54?/m0/s1. The topological polar surface area (TPSA) is 206 Å². The van der Waals surface area contributed by atoms with Crippen LogP contribution in [0.4, 0.5) is 0 Å². The van der Waals surface area contributed by atoms with Crippen molar-refractivity contribution in [2.75, 3.05) is 6.61 Å². The molecule has 0 radical (unpaired) electrons. The summed E-state index contributed by atoms with van der Waals surface area (Å²) in [6, 6.07) is -1.03. The number of nitrogens with one attached hydrogen (secondary N) is 1. The number of hydrogen-bond donors (Lipinski definition) is 8. The average Bonchev–Trinajstić information content (AvgIpc) is 3.31. The smallest absolute Gasteiger partial charge is 0.391 e. The molecule has 13 heteroatoms. The highest BCUT2D eigenvalue weighted by atomic mass is 31.2. The summed E-state index contributed by atoms with van der Waals surface area (Å²) in [7, 11) is -5.06. The van der Waals surface area contributed by atoms with Crippen molar-refractivity contribution in [2.24, 2.45) is 0 Å². The number of phosphoric acid groups is 1. The summed E-state index contributed by atoms with van der Waals surface area (Å²) in [6.07, 6.45) is 38.6. The third-order valence-corrected chi connectivity index (χ3v) is 15.2. The first-order valence-corrected chi connectivity index (χ1v) is 30.0. The van der Waals surface area contributed by atoms with Crippen molar-refractivity contribution in [1.29, 1.82) is 0 Å². The van der Waals surface area contributed by atoms with Gasteiger partial charge in [-0.3, -0.25) is 13.8 Å². The maximum Gasteiger partial charge on any atom is 0.472 e. The van der Waals surface area contributed by atoms with Crippen LogP contribution in [0.1, 0.15) is 284 Å². The lowest BCUT2D eigenvalue weighted by Crippen LogP contribution is -2.64. The van der Waals surface area contributed by atoms with Crippen molar-refractivity contribution in [3.05, 3.63) is 0 Å². The maximum absolute atomic E-state index is 13.0. The fourth-order valence-electron chi connectivity index (χ4n) is 9.56. The molecule has 1 amide bonds. The van der Waals surface area contributed by atoms with Gasteiger partial charge in [0, 0.05) is 6.42 Å². The third kappa shape index (κ3) is 35.2. The number of rotatable bonds is 49. The van der Waals surface area contributed by atoms with E-state index in [0.29, 0.717) is 19.3 Å². The number of carbonyl (C=O) groups is 1. The number of unbranched alkanes of at least 4 members (excludes halogenated alkanes) is 38. The van der Waals surface area contributed by atoms with Crippen molar-refractivity contribution < 1.29 is 53.9 Å². The molecule has 0 heterocycles. The van der Waals surface area contributed by atoms with Crippen molar-refractivity contribution >= 4 is 13.7 Å². The quantitative estimate of drug-likeness (QED) is 0.0213. The zero-order valence-electron chi connectivity index (χ0n) is 43.2. The van der Waals surface area contributed by atoms with Crippen LogP contribution in [0.5, 0.6) is 0 Å². The fraction of sp³-hybridized carbons (Fsp3) is 0.981. The van der Waals surface area contributed by atoms with E-state index >= 15 is 0 Å². The van der Waals surface area contributed by atoms with Gasteiger partial charge in [0.1, 0.15) is 36.6 Å². The highest BCUT2D eigenvalue weighted by Gasteiger charge is 2.51. The highest BCUT2D eigenvalue weighted by Crippen LogP contribution is 2.47. The molecule has 0 saturated heterocycles. The van der Waals surface area contributed by atoms with Crippen molar-refractivity contribution in [2.45, 2.75) is 332 Å². The molecule has 0 aromatic rings. The molecule has 0 bridgehead atoms. The van der Waals surface area contributed by atoms with E-state index < -0.39 is 63.2 Å². The second-order valence-electron chi connectivity index (χ2n) is 20.5. The van der Waals surface area contributed by atoms with Crippen LogP contribution in [0.25, 0.3) is 0 Å². The van der Waals surface area contributed by atoms with Crippen molar-refractivity contribution in [3.8, 4) is 0 Å². The van der Waals surface area contributed by atoms with Gasteiger partial charge in [-0.1, -0.05) is 264 Å². The average molecular weight is 978 g/mol. The van der Waals surface area contributed by atoms with E-state index in [4.69, 9.17) is 9.05 Å². The summed E-state index contributed by atoms with van der Waals surface area (Å²) < 4.78 is 23.1. The second-order valence-corrected chi connectivity index (χ2v) is 21.9. The van der Waals surface area contributed by atoms with Gasteiger partial charge < -0.3 is 40.8 Å². The number of hydrogen-bond acceptors (Lipinski definition) is 10. The van der Waals surface area contributed by atoms with Crippen LogP contribution >= 0.6 is 7.82 Å². The minimum atomic E-state index is -5.06. The molecule has 0 spiro atoms. The first-order valence-electron chi connectivity index (χ1n) is 28.5. The molecule has 1 aliphatic carbocycles. The Balaban J connectivity index is 2.29. The van der Waals surface area contributed by atoms with Crippen LogP contribution in [-0.4, -0.2) is 96.8 Å². The first kappa shape index (κ1) is 64.4. The summed E-state index contributed by atoms with van der Waals surface area (Å²) in [5.74, 6) is -0.301. The number of phosphoric ester groups is 1. The van der Waals surface area contributed by atoms with E-state index in [9.17, 15) is 44.9 Å². The predicted molar refractivity (Wildman–Crippen MR) is 274 cm³/mol. The minimum Gasteiger partial charge on any atom is -0.391 e. The molecule has 0 aliphatic heterocycles. The first-order chi connectivity index (χ1) is 32.4. The van der Waals surface area contributed by atoms with Gasteiger partial charge in [0.05, 0.1) is 18.8 Å².